The van der Waals surface area contributed by atoms with Crippen LogP contribution in [0.15, 0.2) is 23.6 Å². The van der Waals surface area contributed by atoms with Crippen LogP contribution in [0.5, 0.6) is 0 Å². The second-order valence-corrected chi connectivity index (χ2v) is 6.46. The summed E-state index contributed by atoms with van der Waals surface area (Å²) >= 11 is 1.77. The SMILES string of the molecule is N#CC1(NC2CC2)CCC(Sc2ccncn2)C1. The molecule has 0 amide bonds. The topological polar surface area (TPSA) is 61.6 Å². The molecule has 2 aliphatic carbocycles. The van der Waals surface area contributed by atoms with E-state index in [0.717, 1.165) is 24.3 Å². The van der Waals surface area contributed by atoms with Gasteiger partial charge in [-0.25, -0.2) is 9.97 Å². The number of nitriles is 1. The van der Waals surface area contributed by atoms with Gasteiger partial charge in [-0.05, 0) is 38.2 Å². The molecule has 1 aromatic heterocycles. The highest BCUT2D eigenvalue weighted by atomic mass is 32.2. The van der Waals surface area contributed by atoms with Crippen LogP contribution in [0, 0.1) is 11.3 Å². The van der Waals surface area contributed by atoms with Gasteiger partial charge in [0.2, 0.25) is 0 Å². The van der Waals surface area contributed by atoms with E-state index in [2.05, 4.69) is 21.4 Å². The van der Waals surface area contributed by atoms with E-state index in [1.165, 1.54) is 12.8 Å². The van der Waals surface area contributed by atoms with Gasteiger partial charge in [0, 0.05) is 17.5 Å². The summed E-state index contributed by atoms with van der Waals surface area (Å²) < 4.78 is 0. The van der Waals surface area contributed by atoms with E-state index in [-0.39, 0.29) is 5.54 Å². The van der Waals surface area contributed by atoms with Gasteiger partial charge >= 0.3 is 0 Å². The maximum Gasteiger partial charge on any atom is 0.116 e. The molecule has 0 spiro atoms. The largest absolute Gasteiger partial charge is 0.297 e. The van der Waals surface area contributed by atoms with Crippen LogP contribution in [-0.2, 0) is 0 Å². The second kappa shape index (κ2) is 4.87. The first-order valence-electron chi connectivity index (χ1n) is 6.41. The molecule has 1 N–H and O–H groups in total. The fourth-order valence-corrected chi connectivity index (χ4v) is 3.70. The number of nitrogens with zero attached hydrogens (tertiary/aromatic N) is 3. The van der Waals surface area contributed by atoms with Crippen molar-refractivity contribution < 1.29 is 0 Å². The molecule has 18 heavy (non-hydrogen) atoms. The molecule has 0 saturated heterocycles. The lowest BCUT2D eigenvalue weighted by atomic mass is 10.00. The minimum absolute atomic E-state index is 0.286. The van der Waals surface area contributed by atoms with Crippen LogP contribution >= 0.6 is 11.8 Å². The first-order chi connectivity index (χ1) is 8.80. The maximum absolute atomic E-state index is 9.43. The minimum atomic E-state index is -0.286. The average molecular weight is 260 g/mol. The summed E-state index contributed by atoms with van der Waals surface area (Å²) in [6.07, 6.45) is 8.78. The standard InChI is InChI=1S/C13H16N4S/c14-8-13(17-10-1-2-10)5-3-11(7-13)18-12-4-6-15-9-16-12/h4,6,9-11,17H,1-3,5,7H2. The predicted octanol–water partition coefficient (Wildman–Crippen LogP) is 2.14. The van der Waals surface area contributed by atoms with Gasteiger partial charge in [-0.1, -0.05) is 0 Å². The number of rotatable bonds is 4. The van der Waals surface area contributed by atoms with Crippen molar-refractivity contribution in [3.8, 4) is 6.07 Å². The zero-order valence-electron chi connectivity index (χ0n) is 10.2. The molecule has 0 aliphatic heterocycles. The fourth-order valence-electron chi connectivity index (χ4n) is 2.50. The Hall–Kier alpha value is -1.12. The summed E-state index contributed by atoms with van der Waals surface area (Å²) in [5.74, 6) is 0. The molecule has 2 unspecified atom stereocenters. The summed E-state index contributed by atoms with van der Waals surface area (Å²) in [6, 6.07) is 5.03. The van der Waals surface area contributed by atoms with E-state index in [9.17, 15) is 5.26 Å². The van der Waals surface area contributed by atoms with Crippen molar-refractivity contribution in [2.75, 3.05) is 0 Å². The Balaban J connectivity index is 1.62. The predicted molar refractivity (Wildman–Crippen MR) is 70.0 cm³/mol. The van der Waals surface area contributed by atoms with E-state index >= 15 is 0 Å². The normalized spacial score (nSPS) is 31.2. The third-order valence-electron chi connectivity index (χ3n) is 3.58. The lowest BCUT2D eigenvalue weighted by Gasteiger charge is -2.22. The number of nitrogens with one attached hydrogen (secondary N) is 1. The van der Waals surface area contributed by atoms with Crippen molar-refractivity contribution >= 4 is 11.8 Å². The lowest BCUT2D eigenvalue weighted by Crippen LogP contribution is -2.43. The second-order valence-electron chi connectivity index (χ2n) is 5.14. The Bertz CT molecular complexity index is 454. The van der Waals surface area contributed by atoms with Crippen LogP contribution in [0.1, 0.15) is 32.1 Å². The third kappa shape index (κ3) is 2.65. The van der Waals surface area contributed by atoms with Crippen molar-refractivity contribution in [2.24, 2.45) is 0 Å². The molecule has 2 atom stereocenters. The molecule has 5 heteroatoms. The van der Waals surface area contributed by atoms with Crippen molar-refractivity contribution in [3.05, 3.63) is 18.6 Å². The Morgan fingerprint density at radius 3 is 3.00 bits per heavy atom. The monoisotopic (exact) mass is 260 g/mol. The highest BCUT2D eigenvalue weighted by molar-refractivity contribution is 7.99. The van der Waals surface area contributed by atoms with E-state index in [1.54, 1.807) is 24.3 Å². The maximum atomic E-state index is 9.43. The van der Waals surface area contributed by atoms with Gasteiger partial charge in [0.25, 0.3) is 0 Å². The highest BCUT2D eigenvalue weighted by Gasteiger charge is 2.43. The number of thioether (sulfide) groups is 1. The van der Waals surface area contributed by atoms with Gasteiger partial charge in [0.15, 0.2) is 0 Å². The van der Waals surface area contributed by atoms with Gasteiger partial charge in [-0.15, -0.1) is 11.8 Å². The van der Waals surface area contributed by atoms with Crippen LogP contribution in [0.2, 0.25) is 0 Å². The summed E-state index contributed by atoms with van der Waals surface area (Å²) in [6.45, 7) is 0. The van der Waals surface area contributed by atoms with Crippen molar-refractivity contribution in [2.45, 2.75) is 54.0 Å². The molecular formula is C13H16N4S. The molecule has 0 aromatic carbocycles. The molecule has 1 aromatic rings. The number of hydrogen-bond donors (Lipinski definition) is 1. The number of hydrogen-bond acceptors (Lipinski definition) is 5. The quantitative estimate of drug-likeness (QED) is 0.840. The first kappa shape index (κ1) is 11.9. The van der Waals surface area contributed by atoms with Gasteiger partial charge in [0.05, 0.1) is 11.1 Å². The lowest BCUT2D eigenvalue weighted by molar-refractivity contribution is 0.420. The summed E-state index contributed by atoms with van der Waals surface area (Å²) in [5.41, 5.74) is -0.286. The summed E-state index contributed by atoms with van der Waals surface area (Å²) in [7, 11) is 0. The van der Waals surface area contributed by atoms with Crippen LogP contribution in [0.4, 0.5) is 0 Å². The zero-order chi connectivity index (χ0) is 12.4. The first-order valence-corrected chi connectivity index (χ1v) is 7.29. The molecule has 2 saturated carbocycles. The zero-order valence-corrected chi connectivity index (χ0v) is 11.0. The van der Waals surface area contributed by atoms with Gasteiger partial charge in [0.1, 0.15) is 11.9 Å². The molecule has 0 bridgehead atoms. The van der Waals surface area contributed by atoms with Crippen molar-refractivity contribution in [1.29, 1.82) is 5.26 Å². The molecule has 2 fully saturated rings. The summed E-state index contributed by atoms with van der Waals surface area (Å²) in [4.78, 5) is 8.16. The van der Waals surface area contributed by atoms with E-state index < -0.39 is 0 Å². The van der Waals surface area contributed by atoms with E-state index in [1.807, 2.05) is 6.07 Å². The van der Waals surface area contributed by atoms with Gasteiger partial charge < -0.3 is 0 Å². The molecule has 2 aliphatic rings. The minimum Gasteiger partial charge on any atom is -0.297 e. The Morgan fingerprint density at radius 1 is 1.44 bits per heavy atom. The van der Waals surface area contributed by atoms with Gasteiger partial charge in [-0.3, -0.25) is 5.32 Å². The average Bonchev–Trinajstić information content (AvgIpc) is 3.12. The van der Waals surface area contributed by atoms with Crippen LogP contribution in [0.3, 0.4) is 0 Å². The van der Waals surface area contributed by atoms with Crippen LogP contribution in [-0.4, -0.2) is 26.8 Å². The Kier molecular flexibility index (Phi) is 3.23. The molecule has 94 valence electrons. The molecular weight excluding hydrogens is 244 g/mol. The smallest absolute Gasteiger partial charge is 0.116 e. The van der Waals surface area contributed by atoms with Crippen molar-refractivity contribution in [3.63, 3.8) is 0 Å². The van der Waals surface area contributed by atoms with E-state index in [0.29, 0.717) is 11.3 Å². The molecule has 0 radical (unpaired) electrons. The molecule has 1 heterocycles. The van der Waals surface area contributed by atoms with Gasteiger partial charge in [-0.2, -0.15) is 5.26 Å². The molecule has 4 nitrogen and oxygen atoms in total. The highest BCUT2D eigenvalue weighted by Crippen LogP contribution is 2.40. The van der Waals surface area contributed by atoms with Crippen LogP contribution < -0.4 is 5.32 Å². The fraction of sp³-hybridized carbons (Fsp3) is 0.615. The van der Waals surface area contributed by atoms with E-state index in [4.69, 9.17) is 0 Å². The number of aromatic nitrogens is 2. The summed E-state index contributed by atoms with van der Waals surface area (Å²) in [5, 5.41) is 14.5. The van der Waals surface area contributed by atoms with Crippen molar-refractivity contribution in [1.82, 2.24) is 15.3 Å². The third-order valence-corrected chi connectivity index (χ3v) is 4.80. The molecule has 3 rings (SSSR count). The Morgan fingerprint density at radius 2 is 2.33 bits per heavy atom. The van der Waals surface area contributed by atoms with Crippen LogP contribution in [0.25, 0.3) is 0 Å². The Labute approximate surface area is 111 Å².